The zero-order valence-corrected chi connectivity index (χ0v) is 12.6. The summed E-state index contributed by atoms with van der Waals surface area (Å²) in [4.78, 5) is 12.0. The van der Waals surface area contributed by atoms with Crippen LogP contribution in [0.2, 0.25) is 0 Å². The van der Waals surface area contributed by atoms with E-state index in [0.29, 0.717) is 12.0 Å². The maximum Gasteiger partial charge on any atom is 0.433 e. The number of hydrogen-bond acceptors (Lipinski definition) is 3. The minimum Gasteiger partial charge on any atom is -0.372 e. The SMILES string of the molecule is CCC(OC)C(=O)Nc1n[nH]c(C(F)(F)F)c1-c1ccccc1. The number of H-pyrrole nitrogens is 1. The number of carbonyl (C=O) groups is 1. The maximum atomic E-state index is 13.2. The van der Waals surface area contributed by atoms with Crippen LogP contribution in [0.25, 0.3) is 11.1 Å². The molecule has 0 radical (unpaired) electrons. The fourth-order valence-corrected chi connectivity index (χ4v) is 2.18. The smallest absolute Gasteiger partial charge is 0.372 e. The van der Waals surface area contributed by atoms with Crippen molar-refractivity contribution in [2.75, 3.05) is 12.4 Å². The molecular weight excluding hydrogens is 311 g/mol. The summed E-state index contributed by atoms with van der Waals surface area (Å²) < 4.78 is 44.5. The van der Waals surface area contributed by atoms with E-state index >= 15 is 0 Å². The third-order valence-electron chi connectivity index (χ3n) is 3.30. The molecule has 1 amide bonds. The van der Waals surface area contributed by atoms with Gasteiger partial charge in [0, 0.05) is 7.11 Å². The predicted molar refractivity (Wildman–Crippen MR) is 78.7 cm³/mol. The summed E-state index contributed by atoms with van der Waals surface area (Å²) in [5.74, 6) is -0.726. The van der Waals surface area contributed by atoms with Gasteiger partial charge in [0.15, 0.2) is 5.82 Å². The van der Waals surface area contributed by atoms with Crippen molar-refractivity contribution in [3.05, 3.63) is 36.0 Å². The number of alkyl halides is 3. The van der Waals surface area contributed by atoms with Crippen LogP contribution >= 0.6 is 0 Å². The van der Waals surface area contributed by atoms with E-state index in [1.807, 2.05) is 5.10 Å². The molecule has 2 N–H and O–H groups in total. The van der Waals surface area contributed by atoms with Crippen molar-refractivity contribution in [1.29, 1.82) is 0 Å². The van der Waals surface area contributed by atoms with Crippen LogP contribution in [0, 0.1) is 0 Å². The van der Waals surface area contributed by atoms with E-state index in [1.165, 1.54) is 19.2 Å². The highest BCUT2D eigenvalue weighted by molar-refractivity contribution is 5.97. The molecule has 0 saturated carbocycles. The number of nitrogens with zero attached hydrogens (tertiary/aromatic N) is 1. The van der Waals surface area contributed by atoms with Gasteiger partial charge in [-0.05, 0) is 12.0 Å². The van der Waals surface area contributed by atoms with Crippen molar-refractivity contribution in [1.82, 2.24) is 10.2 Å². The lowest BCUT2D eigenvalue weighted by Crippen LogP contribution is -2.29. The normalized spacial score (nSPS) is 12.9. The zero-order valence-electron chi connectivity index (χ0n) is 12.6. The molecule has 0 fully saturated rings. The summed E-state index contributed by atoms with van der Waals surface area (Å²) in [6.07, 6.45) is -4.99. The third-order valence-corrected chi connectivity index (χ3v) is 3.30. The Labute approximate surface area is 130 Å². The number of hydrogen-bond donors (Lipinski definition) is 2. The van der Waals surface area contributed by atoms with Gasteiger partial charge in [-0.1, -0.05) is 37.3 Å². The van der Waals surface area contributed by atoms with Gasteiger partial charge in [0.2, 0.25) is 0 Å². The Balaban J connectivity index is 2.45. The van der Waals surface area contributed by atoms with Crippen LogP contribution in [0.15, 0.2) is 30.3 Å². The van der Waals surface area contributed by atoms with E-state index in [4.69, 9.17) is 4.74 Å². The van der Waals surface area contributed by atoms with Crippen LogP contribution < -0.4 is 5.32 Å². The minimum absolute atomic E-state index is 0.177. The van der Waals surface area contributed by atoms with Crippen LogP contribution in [-0.2, 0) is 15.7 Å². The van der Waals surface area contributed by atoms with Crippen molar-refractivity contribution in [3.8, 4) is 11.1 Å². The first-order chi connectivity index (χ1) is 10.9. The molecule has 2 rings (SSSR count). The summed E-state index contributed by atoms with van der Waals surface area (Å²) in [6, 6.07) is 7.94. The number of amides is 1. The summed E-state index contributed by atoms with van der Waals surface area (Å²) in [7, 11) is 1.36. The molecule has 1 unspecified atom stereocenters. The number of ether oxygens (including phenoxy) is 1. The molecule has 8 heteroatoms. The van der Waals surface area contributed by atoms with E-state index in [-0.39, 0.29) is 11.4 Å². The molecule has 23 heavy (non-hydrogen) atoms. The van der Waals surface area contributed by atoms with E-state index < -0.39 is 23.9 Å². The summed E-state index contributed by atoms with van der Waals surface area (Å²) in [5, 5.41) is 7.98. The quantitative estimate of drug-likeness (QED) is 0.884. The van der Waals surface area contributed by atoms with Crippen molar-refractivity contribution < 1.29 is 22.7 Å². The Bertz CT molecular complexity index is 664. The van der Waals surface area contributed by atoms with Gasteiger partial charge >= 0.3 is 6.18 Å². The highest BCUT2D eigenvalue weighted by atomic mass is 19.4. The molecule has 1 atom stereocenters. The molecule has 0 saturated heterocycles. The van der Waals surface area contributed by atoms with Crippen molar-refractivity contribution >= 4 is 11.7 Å². The summed E-state index contributed by atoms with van der Waals surface area (Å²) >= 11 is 0. The molecular formula is C15H16F3N3O2. The van der Waals surface area contributed by atoms with Gasteiger partial charge in [-0.15, -0.1) is 0 Å². The highest BCUT2D eigenvalue weighted by Gasteiger charge is 2.38. The standard InChI is InChI=1S/C15H16F3N3O2/c1-3-10(23-2)14(22)19-13-11(9-7-5-4-6-8-9)12(20-21-13)15(16,17)18/h4-8,10H,3H2,1-2H3,(H2,19,20,21,22). The Kier molecular flexibility index (Phi) is 5.05. The van der Waals surface area contributed by atoms with Crippen LogP contribution in [-0.4, -0.2) is 29.3 Å². The lowest BCUT2D eigenvalue weighted by atomic mass is 10.0. The number of methoxy groups -OCH3 is 1. The Hall–Kier alpha value is -2.35. The van der Waals surface area contributed by atoms with Crippen molar-refractivity contribution in [2.24, 2.45) is 0 Å². The molecule has 0 spiro atoms. The minimum atomic E-state index is -4.62. The number of anilines is 1. The monoisotopic (exact) mass is 327 g/mol. The fourth-order valence-electron chi connectivity index (χ4n) is 2.18. The second-order valence-electron chi connectivity index (χ2n) is 4.81. The molecule has 1 heterocycles. The average Bonchev–Trinajstić information content (AvgIpc) is 2.93. The molecule has 1 aromatic carbocycles. The summed E-state index contributed by atoms with van der Waals surface area (Å²) in [6.45, 7) is 1.73. The lowest BCUT2D eigenvalue weighted by Gasteiger charge is -2.13. The zero-order chi connectivity index (χ0) is 17.0. The van der Waals surface area contributed by atoms with Gasteiger partial charge in [0.1, 0.15) is 11.8 Å². The van der Waals surface area contributed by atoms with Crippen LogP contribution in [0.5, 0.6) is 0 Å². The molecule has 0 aliphatic rings. The van der Waals surface area contributed by atoms with Gasteiger partial charge in [-0.25, -0.2) is 0 Å². The number of rotatable bonds is 5. The van der Waals surface area contributed by atoms with E-state index in [9.17, 15) is 18.0 Å². The van der Waals surface area contributed by atoms with Crippen molar-refractivity contribution in [3.63, 3.8) is 0 Å². The molecule has 1 aromatic heterocycles. The molecule has 5 nitrogen and oxygen atoms in total. The number of nitrogens with one attached hydrogen (secondary N) is 2. The second kappa shape index (κ2) is 6.82. The van der Waals surface area contributed by atoms with Crippen LogP contribution in [0.1, 0.15) is 19.0 Å². The van der Waals surface area contributed by atoms with E-state index in [0.717, 1.165) is 0 Å². The first-order valence-electron chi connectivity index (χ1n) is 6.93. The van der Waals surface area contributed by atoms with Gasteiger partial charge in [0.25, 0.3) is 5.91 Å². The van der Waals surface area contributed by atoms with E-state index in [1.54, 1.807) is 25.1 Å². The first kappa shape index (κ1) is 17.0. The lowest BCUT2D eigenvalue weighted by molar-refractivity contribution is -0.140. The topological polar surface area (TPSA) is 67.0 Å². The Morgan fingerprint density at radius 1 is 1.35 bits per heavy atom. The van der Waals surface area contributed by atoms with Crippen LogP contribution in [0.4, 0.5) is 19.0 Å². The van der Waals surface area contributed by atoms with Gasteiger partial charge in [-0.2, -0.15) is 18.3 Å². The molecule has 0 aliphatic heterocycles. The molecule has 0 bridgehead atoms. The van der Waals surface area contributed by atoms with Gasteiger partial charge in [0.05, 0.1) is 5.56 Å². The number of halogens is 3. The Morgan fingerprint density at radius 2 is 2.00 bits per heavy atom. The largest absolute Gasteiger partial charge is 0.433 e. The van der Waals surface area contributed by atoms with E-state index in [2.05, 4.69) is 10.4 Å². The number of carbonyl (C=O) groups excluding carboxylic acids is 1. The van der Waals surface area contributed by atoms with Gasteiger partial charge in [-0.3, -0.25) is 9.89 Å². The molecule has 2 aromatic rings. The summed E-state index contributed by atoms with van der Waals surface area (Å²) in [5.41, 5.74) is -0.906. The fraction of sp³-hybridized carbons (Fsp3) is 0.333. The average molecular weight is 327 g/mol. The highest BCUT2D eigenvalue weighted by Crippen LogP contribution is 2.39. The number of benzene rings is 1. The third kappa shape index (κ3) is 3.70. The van der Waals surface area contributed by atoms with Gasteiger partial charge < -0.3 is 10.1 Å². The molecule has 0 aliphatic carbocycles. The number of aromatic nitrogens is 2. The predicted octanol–water partition coefficient (Wildman–Crippen LogP) is 3.46. The second-order valence-corrected chi connectivity index (χ2v) is 4.81. The Morgan fingerprint density at radius 3 is 2.52 bits per heavy atom. The van der Waals surface area contributed by atoms with Crippen LogP contribution in [0.3, 0.4) is 0 Å². The van der Waals surface area contributed by atoms with Crippen molar-refractivity contribution in [2.45, 2.75) is 25.6 Å². The molecule has 124 valence electrons. The maximum absolute atomic E-state index is 13.2. The number of aromatic amines is 1. The first-order valence-corrected chi connectivity index (χ1v) is 6.93.